The number of aryl methyl sites for hydroxylation is 1. The van der Waals surface area contributed by atoms with Gasteiger partial charge in [0.15, 0.2) is 0 Å². The predicted octanol–water partition coefficient (Wildman–Crippen LogP) is 4.18. The SMILES string of the molecule is CCN[C@@H](C(=O)NNc1ccc2cnccc2c1)c1ccc(C)cc1.Cl.Cl. The van der Waals surface area contributed by atoms with Crippen LogP contribution >= 0.6 is 24.8 Å². The largest absolute Gasteiger partial charge is 0.302 e. The minimum Gasteiger partial charge on any atom is -0.302 e. The molecule has 0 saturated heterocycles. The maximum atomic E-state index is 12.6. The quantitative estimate of drug-likeness (QED) is 0.537. The molecule has 1 atom stereocenters. The second-order valence-corrected chi connectivity index (χ2v) is 5.95. The zero-order valence-corrected chi connectivity index (χ0v) is 16.9. The van der Waals surface area contributed by atoms with E-state index in [2.05, 4.69) is 21.2 Å². The summed E-state index contributed by atoms with van der Waals surface area (Å²) in [6.07, 6.45) is 3.57. The Balaban J connectivity index is 0.00000182. The number of fused-ring (bicyclic) bond motifs is 1. The van der Waals surface area contributed by atoms with Crippen LogP contribution in [0.5, 0.6) is 0 Å². The van der Waals surface area contributed by atoms with Gasteiger partial charge in [-0.25, -0.2) is 0 Å². The zero-order chi connectivity index (χ0) is 17.6. The molecule has 0 radical (unpaired) electrons. The molecule has 0 aliphatic carbocycles. The fraction of sp³-hybridized carbons (Fsp3) is 0.200. The monoisotopic (exact) mass is 406 g/mol. The third kappa shape index (κ3) is 5.82. The van der Waals surface area contributed by atoms with Crippen LogP contribution in [-0.4, -0.2) is 17.4 Å². The van der Waals surface area contributed by atoms with Crippen LogP contribution in [0.4, 0.5) is 5.69 Å². The lowest BCUT2D eigenvalue weighted by atomic mass is 10.0. The second-order valence-electron chi connectivity index (χ2n) is 5.95. The van der Waals surface area contributed by atoms with Gasteiger partial charge in [0, 0.05) is 17.8 Å². The number of halogens is 2. The first-order valence-electron chi connectivity index (χ1n) is 8.37. The lowest BCUT2D eigenvalue weighted by Gasteiger charge is -2.19. The number of benzene rings is 2. The molecular weight excluding hydrogens is 383 g/mol. The molecule has 3 aromatic rings. The molecule has 0 bridgehead atoms. The van der Waals surface area contributed by atoms with Crippen LogP contribution < -0.4 is 16.2 Å². The van der Waals surface area contributed by atoms with Gasteiger partial charge in [-0.3, -0.25) is 20.6 Å². The van der Waals surface area contributed by atoms with Gasteiger partial charge in [0.05, 0.1) is 5.69 Å². The summed E-state index contributed by atoms with van der Waals surface area (Å²) in [6.45, 7) is 4.72. The van der Waals surface area contributed by atoms with Crippen LogP contribution in [0.2, 0.25) is 0 Å². The smallest absolute Gasteiger partial charge is 0.260 e. The van der Waals surface area contributed by atoms with E-state index >= 15 is 0 Å². The zero-order valence-electron chi connectivity index (χ0n) is 15.2. The highest BCUT2D eigenvalue weighted by Gasteiger charge is 2.19. The van der Waals surface area contributed by atoms with E-state index < -0.39 is 6.04 Å². The third-order valence-corrected chi connectivity index (χ3v) is 4.05. The Kier molecular flexibility index (Phi) is 9.02. The molecule has 2 aromatic carbocycles. The fourth-order valence-corrected chi connectivity index (χ4v) is 2.69. The second kappa shape index (κ2) is 10.7. The third-order valence-electron chi connectivity index (χ3n) is 4.05. The van der Waals surface area contributed by atoms with Gasteiger partial charge < -0.3 is 5.32 Å². The van der Waals surface area contributed by atoms with E-state index in [-0.39, 0.29) is 30.7 Å². The van der Waals surface area contributed by atoms with Crippen LogP contribution in [0, 0.1) is 6.92 Å². The molecule has 0 spiro atoms. The van der Waals surface area contributed by atoms with Gasteiger partial charge in [-0.05, 0) is 42.6 Å². The molecule has 27 heavy (non-hydrogen) atoms. The van der Waals surface area contributed by atoms with E-state index in [1.807, 2.05) is 68.6 Å². The summed E-state index contributed by atoms with van der Waals surface area (Å²) < 4.78 is 0. The number of nitrogens with zero attached hydrogens (tertiary/aromatic N) is 1. The fourth-order valence-electron chi connectivity index (χ4n) is 2.69. The van der Waals surface area contributed by atoms with Gasteiger partial charge >= 0.3 is 0 Å². The van der Waals surface area contributed by atoms with Gasteiger partial charge in [0.25, 0.3) is 5.91 Å². The minimum absolute atomic E-state index is 0. The van der Waals surface area contributed by atoms with Crippen molar-refractivity contribution in [2.24, 2.45) is 0 Å². The molecule has 3 N–H and O–H groups in total. The molecule has 0 saturated carbocycles. The molecule has 0 aliphatic rings. The predicted molar refractivity (Wildman–Crippen MR) is 116 cm³/mol. The first-order chi connectivity index (χ1) is 12.2. The van der Waals surface area contributed by atoms with Gasteiger partial charge in [-0.2, -0.15) is 0 Å². The number of hydrogen-bond donors (Lipinski definition) is 3. The van der Waals surface area contributed by atoms with E-state index in [0.717, 1.165) is 22.0 Å². The molecule has 0 fully saturated rings. The van der Waals surface area contributed by atoms with Crippen LogP contribution in [0.1, 0.15) is 24.1 Å². The van der Waals surface area contributed by atoms with Crippen LogP contribution in [0.25, 0.3) is 10.8 Å². The summed E-state index contributed by atoms with van der Waals surface area (Å²) >= 11 is 0. The molecule has 1 amide bonds. The average molecular weight is 407 g/mol. The molecule has 144 valence electrons. The number of carbonyl (C=O) groups excluding carboxylic acids is 1. The van der Waals surface area contributed by atoms with Gasteiger partial charge in [0.1, 0.15) is 6.04 Å². The maximum absolute atomic E-state index is 12.6. The van der Waals surface area contributed by atoms with E-state index in [0.29, 0.717) is 6.54 Å². The van der Waals surface area contributed by atoms with Crippen molar-refractivity contribution >= 4 is 47.2 Å². The first kappa shape index (κ1) is 22.7. The molecule has 3 rings (SSSR count). The normalized spacial score (nSPS) is 11.0. The van der Waals surface area contributed by atoms with Crippen molar-refractivity contribution in [1.82, 2.24) is 15.7 Å². The number of aromatic nitrogens is 1. The van der Waals surface area contributed by atoms with Crippen molar-refractivity contribution in [1.29, 1.82) is 0 Å². The Morgan fingerprint density at radius 2 is 1.78 bits per heavy atom. The number of likely N-dealkylation sites (N-methyl/N-ethyl adjacent to an activating group) is 1. The lowest BCUT2D eigenvalue weighted by Crippen LogP contribution is -2.40. The Bertz CT molecular complexity index is 871. The highest BCUT2D eigenvalue weighted by atomic mass is 35.5. The van der Waals surface area contributed by atoms with Crippen molar-refractivity contribution in [3.63, 3.8) is 0 Å². The first-order valence-corrected chi connectivity index (χ1v) is 8.37. The highest BCUT2D eigenvalue weighted by Crippen LogP contribution is 2.18. The van der Waals surface area contributed by atoms with E-state index in [1.165, 1.54) is 5.56 Å². The molecule has 0 unspecified atom stereocenters. The number of anilines is 1. The molecule has 1 heterocycles. The van der Waals surface area contributed by atoms with Gasteiger partial charge in [0.2, 0.25) is 0 Å². The van der Waals surface area contributed by atoms with Gasteiger partial charge in [-0.1, -0.05) is 42.8 Å². The summed E-state index contributed by atoms with van der Waals surface area (Å²) in [5.41, 5.74) is 8.73. The number of hydrazine groups is 1. The highest BCUT2D eigenvalue weighted by molar-refractivity contribution is 5.87. The van der Waals surface area contributed by atoms with E-state index in [1.54, 1.807) is 6.20 Å². The average Bonchev–Trinajstić information content (AvgIpc) is 2.65. The Morgan fingerprint density at radius 1 is 1.04 bits per heavy atom. The Labute approximate surface area is 171 Å². The maximum Gasteiger partial charge on any atom is 0.260 e. The summed E-state index contributed by atoms with van der Waals surface area (Å²) in [6, 6.07) is 15.4. The van der Waals surface area contributed by atoms with Crippen molar-refractivity contribution < 1.29 is 4.79 Å². The van der Waals surface area contributed by atoms with Crippen molar-refractivity contribution in [2.75, 3.05) is 12.0 Å². The summed E-state index contributed by atoms with van der Waals surface area (Å²) in [5, 5.41) is 5.35. The summed E-state index contributed by atoms with van der Waals surface area (Å²) in [4.78, 5) is 16.7. The summed E-state index contributed by atoms with van der Waals surface area (Å²) in [5.74, 6) is -0.125. The Hall–Kier alpha value is -2.34. The van der Waals surface area contributed by atoms with Crippen molar-refractivity contribution in [3.05, 3.63) is 72.1 Å². The number of amides is 1. The van der Waals surface area contributed by atoms with Crippen LogP contribution in [-0.2, 0) is 4.79 Å². The number of nitrogens with one attached hydrogen (secondary N) is 3. The number of pyridine rings is 1. The van der Waals surface area contributed by atoms with Crippen LogP contribution in [0.15, 0.2) is 60.9 Å². The molecular formula is C20H24Cl2N4O. The molecule has 1 aromatic heterocycles. The number of hydrogen-bond acceptors (Lipinski definition) is 4. The number of rotatable bonds is 6. The van der Waals surface area contributed by atoms with Gasteiger partial charge in [-0.15, -0.1) is 24.8 Å². The topological polar surface area (TPSA) is 66.1 Å². The summed E-state index contributed by atoms with van der Waals surface area (Å²) in [7, 11) is 0. The minimum atomic E-state index is -0.400. The van der Waals surface area contributed by atoms with E-state index in [9.17, 15) is 4.79 Å². The van der Waals surface area contributed by atoms with Crippen molar-refractivity contribution in [2.45, 2.75) is 19.9 Å². The Morgan fingerprint density at radius 3 is 2.48 bits per heavy atom. The number of carbonyl (C=O) groups is 1. The van der Waals surface area contributed by atoms with Crippen LogP contribution in [0.3, 0.4) is 0 Å². The molecule has 0 aliphatic heterocycles. The van der Waals surface area contributed by atoms with Crippen molar-refractivity contribution in [3.8, 4) is 0 Å². The standard InChI is InChI=1S/C20H22N4O.2ClH/c1-3-22-19(15-6-4-14(2)5-7-15)20(25)24-23-18-9-8-17-13-21-11-10-16(17)12-18;;/h4-13,19,22-23H,3H2,1-2H3,(H,24,25);2*1H/t19-;;/m1../s1. The van der Waals surface area contributed by atoms with E-state index in [4.69, 9.17) is 0 Å². The molecule has 7 heteroatoms. The molecule has 5 nitrogen and oxygen atoms in total. The lowest BCUT2D eigenvalue weighted by molar-refractivity contribution is -0.122.